The maximum Gasteiger partial charge on any atom is 0.303 e. The van der Waals surface area contributed by atoms with Crippen LogP contribution in [0.2, 0.25) is 0 Å². The fraction of sp³-hybridized carbons (Fsp3) is 0.929. The molecule has 0 spiro atoms. The predicted molar refractivity (Wildman–Crippen MR) is 72.7 cm³/mol. The zero-order valence-electron chi connectivity index (χ0n) is 10.8. The van der Waals surface area contributed by atoms with Gasteiger partial charge in [0.15, 0.2) is 0 Å². The number of aliphatic carboxylic acids is 1. The van der Waals surface area contributed by atoms with Crippen molar-refractivity contribution in [1.82, 2.24) is 0 Å². The minimum Gasteiger partial charge on any atom is -0.481 e. The highest BCUT2D eigenvalue weighted by Crippen LogP contribution is 2.61. The van der Waals surface area contributed by atoms with Gasteiger partial charge in [0.1, 0.15) is 0 Å². The maximum absolute atomic E-state index is 10.7. The van der Waals surface area contributed by atoms with Crippen molar-refractivity contribution < 1.29 is 9.90 Å². The third-order valence-electron chi connectivity index (χ3n) is 5.54. The highest BCUT2D eigenvalue weighted by molar-refractivity contribution is 5.85. The van der Waals surface area contributed by atoms with Gasteiger partial charge in [-0.3, -0.25) is 4.79 Å². The van der Waals surface area contributed by atoms with Crippen molar-refractivity contribution in [2.45, 2.75) is 57.4 Å². The number of hydrogen-bond acceptors (Lipinski definition) is 2. The van der Waals surface area contributed by atoms with Crippen LogP contribution in [0, 0.1) is 23.2 Å². The summed E-state index contributed by atoms with van der Waals surface area (Å²) < 4.78 is 0. The fourth-order valence-corrected chi connectivity index (χ4v) is 5.22. The lowest BCUT2D eigenvalue weighted by atomic mass is 9.47. The van der Waals surface area contributed by atoms with Gasteiger partial charge in [0.05, 0.1) is 0 Å². The van der Waals surface area contributed by atoms with Crippen molar-refractivity contribution in [3.05, 3.63) is 0 Å². The summed E-state index contributed by atoms with van der Waals surface area (Å²) in [5.74, 6) is 2.00. The first-order valence-electron chi connectivity index (χ1n) is 7.05. The zero-order chi connectivity index (χ0) is 12.0. The molecule has 0 aromatic rings. The Morgan fingerprint density at radius 3 is 2.00 bits per heavy atom. The molecule has 4 saturated carbocycles. The van der Waals surface area contributed by atoms with Gasteiger partial charge in [-0.1, -0.05) is 0 Å². The van der Waals surface area contributed by atoms with Crippen LogP contribution in [0.25, 0.3) is 0 Å². The standard InChI is InChI=1S/C14H23NO2.ClH/c15-12(1-2-13(16)17)14-6-9-3-10(7-14)5-11(4-9)8-14;/h9-12H,1-8,15H2,(H,16,17);1H. The summed E-state index contributed by atoms with van der Waals surface area (Å²) in [5.41, 5.74) is 6.67. The first-order chi connectivity index (χ1) is 8.07. The monoisotopic (exact) mass is 273 g/mol. The zero-order valence-corrected chi connectivity index (χ0v) is 11.6. The van der Waals surface area contributed by atoms with Gasteiger partial charge in [-0.2, -0.15) is 0 Å². The van der Waals surface area contributed by atoms with Crippen LogP contribution in [0.5, 0.6) is 0 Å². The van der Waals surface area contributed by atoms with Gasteiger partial charge >= 0.3 is 5.97 Å². The molecule has 4 bridgehead atoms. The Morgan fingerprint density at radius 2 is 1.61 bits per heavy atom. The quantitative estimate of drug-likeness (QED) is 0.828. The summed E-state index contributed by atoms with van der Waals surface area (Å²) in [6.45, 7) is 0. The summed E-state index contributed by atoms with van der Waals surface area (Å²) in [6, 6.07) is 0.118. The van der Waals surface area contributed by atoms with Crippen molar-refractivity contribution in [3.63, 3.8) is 0 Å². The van der Waals surface area contributed by atoms with Gasteiger partial charge in [-0.15, -0.1) is 12.4 Å². The molecule has 4 aliphatic rings. The molecule has 0 aromatic heterocycles. The number of carboxylic acids is 1. The van der Waals surface area contributed by atoms with Crippen molar-refractivity contribution in [2.24, 2.45) is 28.9 Å². The molecule has 3 nitrogen and oxygen atoms in total. The summed E-state index contributed by atoms with van der Waals surface area (Å²) in [5, 5.41) is 8.79. The third kappa shape index (κ3) is 2.39. The van der Waals surface area contributed by atoms with E-state index in [0.29, 0.717) is 11.8 Å². The van der Waals surface area contributed by atoms with E-state index < -0.39 is 5.97 Å². The van der Waals surface area contributed by atoms with Gasteiger partial charge in [0, 0.05) is 12.5 Å². The Morgan fingerprint density at radius 1 is 1.17 bits per heavy atom. The minimum atomic E-state index is -0.704. The maximum atomic E-state index is 10.7. The predicted octanol–water partition coefficient (Wildman–Crippen LogP) is 2.82. The first kappa shape index (κ1) is 14.1. The number of carbonyl (C=O) groups is 1. The molecule has 0 aliphatic heterocycles. The van der Waals surface area contributed by atoms with Crippen LogP contribution in [0.4, 0.5) is 0 Å². The molecule has 0 radical (unpaired) electrons. The molecule has 4 fully saturated rings. The molecule has 1 atom stereocenters. The second-order valence-corrected chi connectivity index (χ2v) is 6.82. The van der Waals surface area contributed by atoms with E-state index in [0.717, 1.165) is 17.8 Å². The normalized spacial score (nSPS) is 42.4. The molecule has 4 rings (SSSR count). The van der Waals surface area contributed by atoms with Gasteiger partial charge < -0.3 is 10.8 Å². The van der Waals surface area contributed by atoms with Gasteiger partial charge in [-0.05, 0) is 68.1 Å². The molecule has 0 saturated heterocycles. The fourth-order valence-electron chi connectivity index (χ4n) is 5.22. The Hall–Kier alpha value is -0.280. The number of nitrogens with two attached hydrogens (primary N) is 1. The Kier molecular flexibility index (Phi) is 3.93. The summed E-state index contributed by atoms with van der Waals surface area (Å²) in [6.07, 6.45) is 9.00. The van der Waals surface area contributed by atoms with Crippen LogP contribution in [-0.4, -0.2) is 17.1 Å². The van der Waals surface area contributed by atoms with E-state index in [1.807, 2.05) is 0 Å². The Balaban J connectivity index is 0.00000120. The van der Waals surface area contributed by atoms with Crippen LogP contribution in [0.3, 0.4) is 0 Å². The molecule has 1 unspecified atom stereocenters. The lowest BCUT2D eigenvalue weighted by Gasteiger charge is -2.59. The number of rotatable bonds is 4. The first-order valence-corrected chi connectivity index (χ1v) is 7.05. The second-order valence-electron chi connectivity index (χ2n) is 6.82. The van der Waals surface area contributed by atoms with Crippen molar-refractivity contribution in [1.29, 1.82) is 0 Å². The molecule has 0 aromatic carbocycles. The SMILES string of the molecule is Cl.NC(CCC(=O)O)C12CC3CC(CC(C3)C1)C2. The van der Waals surface area contributed by atoms with Gasteiger partial charge in [0.2, 0.25) is 0 Å². The Labute approximate surface area is 115 Å². The van der Waals surface area contributed by atoms with Crippen molar-refractivity contribution in [2.75, 3.05) is 0 Å². The highest BCUT2D eigenvalue weighted by Gasteiger charge is 2.53. The van der Waals surface area contributed by atoms with Crippen LogP contribution in [-0.2, 0) is 4.79 Å². The smallest absolute Gasteiger partial charge is 0.303 e. The summed E-state index contributed by atoms with van der Waals surface area (Å²) in [7, 11) is 0. The van der Waals surface area contributed by atoms with E-state index in [9.17, 15) is 4.79 Å². The summed E-state index contributed by atoms with van der Waals surface area (Å²) in [4.78, 5) is 10.7. The van der Waals surface area contributed by atoms with Gasteiger partial charge in [0.25, 0.3) is 0 Å². The van der Waals surface area contributed by atoms with E-state index in [2.05, 4.69) is 0 Å². The molecular formula is C14H24ClNO2. The van der Waals surface area contributed by atoms with E-state index in [-0.39, 0.29) is 24.9 Å². The molecule has 0 amide bonds. The largest absolute Gasteiger partial charge is 0.481 e. The Bertz CT molecular complexity index is 296. The molecule has 18 heavy (non-hydrogen) atoms. The lowest BCUT2D eigenvalue weighted by Crippen LogP contribution is -2.54. The average Bonchev–Trinajstić information content (AvgIpc) is 2.23. The molecule has 104 valence electrons. The van der Waals surface area contributed by atoms with Gasteiger partial charge in [-0.25, -0.2) is 0 Å². The second kappa shape index (κ2) is 5.01. The average molecular weight is 274 g/mol. The van der Waals surface area contributed by atoms with Crippen LogP contribution in [0.15, 0.2) is 0 Å². The van der Waals surface area contributed by atoms with Crippen LogP contribution < -0.4 is 5.73 Å². The molecule has 3 N–H and O–H groups in total. The van der Waals surface area contributed by atoms with Crippen molar-refractivity contribution in [3.8, 4) is 0 Å². The minimum absolute atomic E-state index is 0. The highest BCUT2D eigenvalue weighted by atomic mass is 35.5. The van der Waals surface area contributed by atoms with Crippen LogP contribution in [0.1, 0.15) is 51.4 Å². The number of carboxylic acid groups (broad SMARTS) is 1. The third-order valence-corrected chi connectivity index (χ3v) is 5.54. The molecule has 4 aliphatic carbocycles. The molecule has 0 heterocycles. The van der Waals surface area contributed by atoms with E-state index >= 15 is 0 Å². The van der Waals surface area contributed by atoms with E-state index in [1.54, 1.807) is 0 Å². The molecule has 4 heteroatoms. The number of halogens is 1. The molecular weight excluding hydrogens is 250 g/mol. The number of hydrogen-bond donors (Lipinski definition) is 2. The van der Waals surface area contributed by atoms with Crippen molar-refractivity contribution >= 4 is 18.4 Å². The topological polar surface area (TPSA) is 63.3 Å². The van der Waals surface area contributed by atoms with E-state index in [1.165, 1.54) is 38.5 Å². The van der Waals surface area contributed by atoms with Crippen LogP contribution >= 0.6 is 12.4 Å². The summed E-state index contributed by atoms with van der Waals surface area (Å²) >= 11 is 0. The lowest BCUT2D eigenvalue weighted by molar-refractivity contribution is -0.137. The van der Waals surface area contributed by atoms with E-state index in [4.69, 9.17) is 10.8 Å².